The number of hydrogen-bond donors (Lipinski definition) is 1. The summed E-state index contributed by atoms with van der Waals surface area (Å²) in [5, 5.41) is 7.73. The number of nitrogens with two attached hydrogens (primary N) is 1. The maximum absolute atomic E-state index is 6.17. The van der Waals surface area contributed by atoms with Crippen LogP contribution in [0.1, 0.15) is 11.7 Å². The van der Waals surface area contributed by atoms with Crippen LogP contribution in [-0.4, -0.2) is 24.5 Å². The summed E-state index contributed by atoms with van der Waals surface area (Å²) in [6.07, 6.45) is 3.51. The lowest BCUT2D eigenvalue weighted by atomic mass is 10.2. The lowest BCUT2D eigenvalue weighted by molar-refractivity contribution is 0.539. The molecule has 0 spiro atoms. The molecule has 0 bridgehead atoms. The van der Waals surface area contributed by atoms with Gasteiger partial charge in [-0.2, -0.15) is 0 Å². The standard InChI is InChI=1S/C12H14N6/c1-17-12(6-15-16-17)9(13)7-18-8-14-10-4-2-3-5-11(10)18/h2-6,8-9H,7,13H2,1H3. The molecule has 0 radical (unpaired) electrons. The van der Waals surface area contributed by atoms with Gasteiger partial charge in [-0.1, -0.05) is 17.3 Å². The molecule has 0 amide bonds. The highest BCUT2D eigenvalue weighted by Gasteiger charge is 2.12. The number of para-hydroxylation sites is 2. The Hall–Kier alpha value is -2.21. The van der Waals surface area contributed by atoms with Crippen LogP contribution >= 0.6 is 0 Å². The van der Waals surface area contributed by atoms with Gasteiger partial charge in [-0.15, -0.1) is 5.10 Å². The van der Waals surface area contributed by atoms with Crippen LogP contribution in [0.5, 0.6) is 0 Å². The average molecular weight is 242 g/mol. The predicted molar refractivity (Wildman–Crippen MR) is 67.7 cm³/mol. The van der Waals surface area contributed by atoms with E-state index in [0.29, 0.717) is 6.54 Å². The number of aryl methyl sites for hydroxylation is 1. The molecule has 0 fully saturated rings. The van der Waals surface area contributed by atoms with E-state index in [1.54, 1.807) is 10.9 Å². The summed E-state index contributed by atoms with van der Waals surface area (Å²) >= 11 is 0. The van der Waals surface area contributed by atoms with Crippen molar-refractivity contribution in [1.82, 2.24) is 24.5 Å². The molecule has 92 valence electrons. The molecule has 6 nitrogen and oxygen atoms in total. The third-order valence-electron chi connectivity index (χ3n) is 3.05. The van der Waals surface area contributed by atoms with Crippen molar-refractivity contribution in [3.05, 3.63) is 42.5 Å². The molecule has 6 heteroatoms. The Kier molecular flexibility index (Phi) is 2.56. The first-order valence-corrected chi connectivity index (χ1v) is 5.76. The van der Waals surface area contributed by atoms with Crippen molar-refractivity contribution in [2.24, 2.45) is 12.8 Å². The van der Waals surface area contributed by atoms with Crippen molar-refractivity contribution in [3.63, 3.8) is 0 Å². The van der Waals surface area contributed by atoms with Crippen LogP contribution in [0.3, 0.4) is 0 Å². The van der Waals surface area contributed by atoms with E-state index in [1.807, 2.05) is 42.2 Å². The molecule has 2 N–H and O–H groups in total. The van der Waals surface area contributed by atoms with Gasteiger partial charge in [0.15, 0.2) is 0 Å². The number of nitrogens with zero attached hydrogens (tertiary/aromatic N) is 5. The molecule has 1 aromatic carbocycles. The van der Waals surface area contributed by atoms with Gasteiger partial charge in [0.2, 0.25) is 0 Å². The summed E-state index contributed by atoms with van der Waals surface area (Å²) in [5.41, 5.74) is 9.15. The van der Waals surface area contributed by atoms with Crippen LogP contribution in [-0.2, 0) is 13.6 Å². The molecule has 3 rings (SSSR count). The molecular weight excluding hydrogens is 228 g/mol. The van der Waals surface area contributed by atoms with Crippen molar-refractivity contribution in [1.29, 1.82) is 0 Å². The first-order chi connectivity index (χ1) is 8.75. The minimum atomic E-state index is -0.150. The minimum absolute atomic E-state index is 0.150. The highest BCUT2D eigenvalue weighted by molar-refractivity contribution is 5.74. The number of imidazole rings is 1. The Morgan fingerprint density at radius 2 is 2.17 bits per heavy atom. The van der Waals surface area contributed by atoms with Gasteiger partial charge in [0.05, 0.1) is 35.3 Å². The normalized spacial score (nSPS) is 13.0. The summed E-state index contributed by atoms with van der Waals surface area (Å²) in [5.74, 6) is 0. The van der Waals surface area contributed by atoms with Gasteiger partial charge in [-0.25, -0.2) is 4.98 Å². The van der Waals surface area contributed by atoms with Gasteiger partial charge >= 0.3 is 0 Å². The van der Waals surface area contributed by atoms with Crippen molar-refractivity contribution in [2.45, 2.75) is 12.6 Å². The fourth-order valence-electron chi connectivity index (χ4n) is 2.09. The maximum atomic E-state index is 6.17. The molecule has 0 saturated heterocycles. The Bertz CT molecular complexity index is 668. The quantitative estimate of drug-likeness (QED) is 0.739. The average Bonchev–Trinajstić information content (AvgIpc) is 2.97. The van der Waals surface area contributed by atoms with E-state index >= 15 is 0 Å². The van der Waals surface area contributed by atoms with Crippen molar-refractivity contribution >= 4 is 11.0 Å². The zero-order valence-electron chi connectivity index (χ0n) is 10.1. The van der Waals surface area contributed by atoms with E-state index in [1.165, 1.54) is 0 Å². The molecule has 2 heterocycles. The highest BCUT2D eigenvalue weighted by Crippen LogP contribution is 2.16. The van der Waals surface area contributed by atoms with Crippen molar-refractivity contribution in [3.8, 4) is 0 Å². The summed E-state index contributed by atoms with van der Waals surface area (Å²) in [4.78, 5) is 4.34. The lowest BCUT2D eigenvalue weighted by Crippen LogP contribution is -2.20. The monoisotopic (exact) mass is 242 g/mol. The van der Waals surface area contributed by atoms with Crippen LogP contribution in [0.4, 0.5) is 0 Å². The molecule has 1 unspecified atom stereocenters. The molecule has 3 aromatic rings. The molecular formula is C12H14N6. The molecule has 18 heavy (non-hydrogen) atoms. The fraction of sp³-hybridized carbons (Fsp3) is 0.250. The van der Waals surface area contributed by atoms with Gasteiger partial charge in [-0.3, -0.25) is 4.68 Å². The lowest BCUT2D eigenvalue weighted by Gasteiger charge is -2.12. The minimum Gasteiger partial charge on any atom is -0.329 e. The highest BCUT2D eigenvalue weighted by atomic mass is 15.4. The number of benzene rings is 1. The summed E-state index contributed by atoms with van der Waals surface area (Å²) in [6.45, 7) is 0.654. The number of fused-ring (bicyclic) bond motifs is 1. The first kappa shape index (κ1) is 10.9. The second-order valence-electron chi connectivity index (χ2n) is 4.27. The van der Waals surface area contributed by atoms with Gasteiger partial charge in [0.25, 0.3) is 0 Å². The Balaban J connectivity index is 1.91. The topological polar surface area (TPSA) is 74.6 Å². The van der Waals surface area contributed by atoms with Gasteiger partial charge in [0, 0.05) is 13.6 Å². The summed E-state index contributed by atoms with van der Waals surface area (Å²) < 4.78 is 3.75. The van der Waals surface area contributed by atoms with E-state index in [-0.39, 0.29) is 6.04 Å². The largest absolute Gasteiger partial charge is 0.329 e. The van der Waals surface area contributed by atoms with Crippen LogP contribution in [0, 0.1) is 0 Å². The second-order valence-corrected chi connectivity index (χ2v) is 4.27. The van der Waals surface area contributed by atoms with Crippen LogP contribution < -0.4 is 5.73 Å². The zero-order chi connectivity index (χ0) is 12.5. The van der Waals surface area contributed by atoms with Crippen molar-refractivity contribution in [2.75, 3.05) is 0 Å². The van der Waals surface area contributed by atoms with Gasteiger partial charge in [-0.05, 0) is 12.1 Å². The van der Waals surface area contributed by atoms with Crippen molar-refractivity contribution < 1.29 is 0 Å². The summed E-state index contributed by atoms with van der Waals surface area (Å²) in [7, 11) is 1.84. The molecule has 0 aliphatic carbocycles. The summed E-state index contributed by atoms with van der Waals surface area (Å²) in [6, 6.07) is 7.85. The second kappa shape index (κ2) is 4.23. The smallest absolute Gasteiger partial charge is 0.0958 e. The van der Waals surface area contributed by atoms with E-state index in [9.17, 15) is 0 Å². The number of aromatic nitrogens is 5. The zero-order valence-corrected chi connectivity index (χ0v) is 10.1. The van der Waals surface area contributed by atoms with Crippen LogP contribution in [0.2, 0.25) is 0 Å². The van der Waals surface area contributed by atoms with Crippen LogP contribution in [0.25, 0.3) is 11.0 Å². The molecule has 0 saturated carbocycles. The number of hydrogen-bond acceptors (Lipinski definition) is 4. The van der Waals surface area contributed by atoms with Crippen LogP contribution in [0.15, 0.2) is 36.8 Å². The SMILES string of the molecule is Cn1nncc1C(N)Cn1cnc2ccccc21. The Morgan fingerprint density at radius 1 is 1.33 bits per heavy atom. The first-order valence-electron chi connectivity index (χ1n) is 5.76. The number of rotatable bonds is 3. The molecule has 1 atom stereocenters. The Morgan fingerprint density at radius 3 is 2.94 bits per heavy atom. The molecule has 2 aromatic heterocycles. The molecule has 0 aliphatic rings. The van der Waals surface area contributed by atoms with Gasteiger partial charge < -0.3 is 10.3 Å². The predicted octanol–water partition coefficient (Wildman–Crippen LogP) is 0.865. The molecule has 0 aliphatic heterocycles. The van der Waals surface area contributed by atoms with E-state index in [2.05, 4.69) is 15.3 Å². The maximum Gasteiger partial charge on any atom is 0.0958 e. The Labute approximate surface area is 104 Å². The van der Waals surface area contributed by atoms with Gasteiger partial charge in [0.1, 0.15) is 0 Å². The van der Waals surface area contributed by atoms with E-state index < -0.39 is 0 Å². The third kappa shape index (κ3) is 1.76. The van der Waals surface area contributed by atoms with E-state index in [4.69, 9.17) is 5.73 Å². The third-order valence-corrected chi connectivity index (χ3v) is 3.05. The fourth-order valence-corrected chi connectivity index (χ4v) is 2.09. The van der Waals surface area contributed by atoms with E-state index in [0.717, 1.165) is 16.7 Å².